The van der Waals surface area contributed by atoms with Crippen LogP contribution in [0.2, 0.25) is 0 Å². The van der Waals surface area contributed by atoms with Gasteiger partial charge < -0.3 is 5.32 Å². The molecule has 1 amide bonds. The maximum absolute atomic E-state index is 13.1. The molecule has 1 atom stereocenters. The van der Waals surface area contributed by atoms with Crippen molar-refractivity contribution in [3.05, 3.63) is 89.5 Å². The summed E-state index contributed by atoms with van der Waals surface area (Å²) in [5, 5.41) is 2.73. The third kappa shape index (κ3) is 5.44. The fourth-order valence-electron chi connectivity index (χ4n) is 4.73. The van der Waals surface area contributed by atoms with Gasteiger partial charge in [-0.05, 0) is 73.0 Å². The van der Waals surface area contributed by atoms with Crippen LogP contribution in [-0.4, -0.2) is 43.5 Å². The van der Waals surface area contributed by atoms with E-state index in [4.69, 9.17) is 4.99 Å². The number of benzene rings is 3. The molecule has 0 aromatic heterocycles. The number of amides is 1. The van der Waals surface area contributed by atoms with Gasteiger partial charge in [0.2, 0.25) is 5.91 Å². The number of rotatable bonds is 7. The average Bonchev–Trinajstić information content (AvgIpc) is 3.50. The molecule has 2 N–H and O–H groups in total. The van der Waals surface area contributed by atoms with Gasteiger partial charge in [-0.25, -0.2) is 0 Å². The molecule has 0 saturated carbocycles. The quantitative estimate of drug-likeness (QED) is 0.391. The molecule has 198 valence electrons. The number of likely N-dealkylation sites (tertiary alicyclic amines) is 1. The molecule has 0 aliphatic carbocycles. The highest BCUT2D eigenvalue weighted by Crippen LogP contribution is 2.38. The van der Waals surface area contributed by atoms with Gasteiger partial charge in [0.25, 0.3) is 0 Å². The smallest absolute Gasteiger partial charge is 0.325 e. The van der Waals surface area contributed by atoms with E-state index >= 15 is 0 Å². The standard InChI is InChI=1S/C27H25F3N4O3S/c28-27(29,30)38(36,37)33-21-12-13-23-22(16-21)24(26(35)32-23)25(19-6-2-1-3-7-19)31-20-10-8-18(9-11-20)17-34-14-4-5-15-34/h1-3,6-13,16,24,33H,4-5,14-15,17H2,(H,32,35). The molecule has 7 nitrogen and oxygen atoms in total. The van der Waals surface area contributed by atoms with Gasteiger partial charge in [0.05, 0.1) is 11.4 Å². The number of sulfonamides is 1. The summed E-state index contributed by atoms with van der Waals surface area (Å²) in [6.45, 7) is 3.01. The predicted molar refractivity (Wildman–Crippen MR) is 140 cm³/mol. The Morgan fingerprint density at radius 1 is 1.00 bits per heavy atom. The fourth-order valence-corrected chi connectivity index (χ4v) is 5.28. The first-order valence-electron chi connectivity index (χ1n) is 12.1. The highest BCUT2D eigenvalue weighted by molar-refractivity contribution is 7.93. The zero-order valence-corrected chi connectivity index (χ0v) is 21.0. The van der Waals surface area contributed by atoms with Crippen LogP contribution in [-0.2, 0) is 21.4 Å². The average molecular weight is 543 g/mol. The Balaban J connectivity index is 1.51. The van der Waals surface area contributed by atoms with Gasteiger partial charge >= 0.3 is 15.5 Å². The Bertz CT molecular complexity index is 1470. The maximum Gasteiger partial charge on any atom is 0.516 e. The molecular weight excluding hydrogens is 517 g/mol. The first-order chi connectivity index (χ1) is 18.1. The number of carbonyl (C=O) groups is 1. The third-order valence-electron chi connectivity index (χ3n) is 6.57. The number of hydrogen-bond acceptors (Lipinski definition) is 5. The number of hydrogen-bond donors (Lipinski definition) is 2. The van der Waals surface area contributed by atoms with Gasteiger partial charge in [-0.3, -0.25) is 19.4 Å². The molecule has 2 heterocycles. The molecule has 3 aromatic carbocycles. The van der Waals surface area contributed by atoms with Gasteiger partial charge in [-0.15, -0.1) is 0 Å². The minimum absolute atomic E-state index is 0.304. The van der Waals surface area contributed by atoms with Crippen molar-refractivity contribution in [3.8, 4) is 0 Å². The summed E-state index contributed by atoms with van der Waals surface area (Å²) in [5.41, 5.74) is -2.27. The molecule has 0 spiro atoms. The minimum Gasteiger partial charge on any atom is -0.325 e. The van der Waals surface area contributed by atoms with E-state index in [0.29, 0.717) is 28.2 Å². The van der Waals surface area contributed by atoms with Crippen molar-refractivity contribution in [2.45, 2.75) is 30.8 Å². The van der Waals surface area contributed by atoms with E-state index < -0.39 is 27.4 Å². The summed E-state index contributed by atoms with van der Waals surface area (Å²) in [6, 6.07) is 20.5. The van der Waals surface area contributed by atoms with Crippen molar-refractivity contribution >= 4 is 38.7 Å². The maximum atomic E-state index is 13.1. The van der Waals surface area contributed by atoms with Crippen molar-refractivity contribution in [1.29, 1.82) is 0 Å². The number of aliphatic imine (C=N–C) groups is 1. The molecule has 1 unspecified atom stereocenters. The number of fused-ring (bicyclic) bond motifs is 1. The van der Waals surface area contributed by atoms with Crippen LogP contribution >= 0.6 is 0 Å². The Hall–Kier alpha value is -3.70. The monoisotopic (exact) mass is 542 g/mol. The Labute approximate surface area is 218 Å². The van der Waals surface area contributed by atoms with Crippen LogP contribution in [0.4, 0.5) is 30.2 Å². The summed E-state index contributed by atoms with van der Waals surface area (Å²) in [5.74, 6) is -1.38. The van der Waals surface area contributed by atoms with Gasteiger partial charge in [0, 0.05) is 17.9 Å². The van der Waals surface area contributed by atoms with Crippen molar-refractivity contribution in [1.82, 2.24) is 4.90 Å². The number of carbonyl (C=O) groups excluding carboxylic acids is 1. The zero-order valence-electron chi connectivity index (χ0n) is 20.2. The predicted octanol–water partition coefficient (Wildman–Crippen LogP) is 5.40. The van der Waals surface area contributed by atoms with Crippen LogP contribution in [0.15, 0.2) is 77.8 Å². The van der Waals surface area contributed by atoms with E-state index in [1.54, 1.807) is 29.0 Å². The molecule has 2 aliphatic heterocycles. The topological polar surface area (TPSA) is 90.9 Å². The summed E-state index contributed by atoms with van der Waals surface area (Å²) < 4.78 is 63.6. The Morgan fingerprint density at radius 3 is 2.34 bits per heavy atom. The molecule has 1 saturated heterocycles. The molecule has 0 bridgehead atoms. The third-order valence-corrected chi connectivity index (χ3v) is 7.69. The highest BCUT2D eigenvalue weighted by atomic mass is 32.2. The zero-order chi connectivity index (χ0) is 26.9. The number of anilines is 2. The lowest BCUT2D eigenvalue weighted by atomic mass is 9.90. The molecule has 0 radical (unpaired) electrons. The summed E-state index contributed by atoms with van der Waals surface area (Å²) >= 11 is 0. The largest absolute Gasteiger partial charge is 0.516 e. The lowest BCUT2D eigenvalue weighted by molar-refractivity contribution is -0.115. The molecule has 11 heteroatoms. The number of nitrogens with one attached hydrogen (secondary N) is 2. The van der Waals surface area contributed by atoms with Crippen LogP contribution < -0.4 is 10.0 Å². The van der Waals surface area contributed by atoms with Crippen molar-refractivity contribution in [3.63, 3.8) is 0 Å². The number of nitrogens with zero attached hydrogens (tertiary/aromatic N) is 2. The van der Waals surface area contributed by atoms with E-state index in [2.05, 4.69) is 10.2 Å². The van der Waals surface area contributed by atoms with Gasteiger partial charge in [0.1, 0.15) is 5.92 Å². The Kier molecular flexibility index (Phi) is 6.97. The normalized spacial score (nSPS) is 18.3. The SMILES string of the molecule is O=C1Nc2ccc(NS(=O)(=O)C(F)(F)F)cc2C1C(=Nc1ccc(CN2CCCC2)cc1)c1ccccc1. The second kappa shape index (κ2) is 10.2. The van der Waals surface area contributed by atoms with Crippen molar-refractivity contribution in [2.24, 2.45) is 4.99 Å². The van der Waals surface area contributed by atoms with Gasteiger partial charge in [-0.1, -0.05) is 42.5 Å². The van der Waals surface area contributed by atoms with Crippen molar-refractivity contribution in [2.75, 3.05) is 23.1 Å². The lowest BCUT2D eigenvalue weighted by Crippen LogP contribution is -2.30. The van der Waals surface area contributed by atoms with Crippen LogP contribution in [0.25, 0.3) is 0 Å². The van der Waals surface area contributed by atoms with Crippen LogP contribution in [0, 0.1) is 0 Å². The molecule has 38 heavy (non-hydrogen) atoms. The second-order valence-corrected chi connectivity index (χ2v) is 11.0. The Morgan fingerprint density at radius 2 is 1.68 bits per heavy atom. The van der Waals surface area contributed by atoms with Crippen molar-refractivity contribution < 1.29 is 26.4 Å². The number of alkyl halides is 3. The van der Waals surface area contributed by atoms with E-state index in [-0.39, 0.29) is 5.69 Å². The minimum atomic E-state index is -5.62. The van der Waals surface area contributed by atoms with E-state index in [9.17, 15) is 26.4 Å². The van der Waals surface area contributed by atoms with Crippen LogP contribution in [0.1, 0.15) is 35.4 Å². The van der Waals surface area contributed by atoms with Crippen LogP contribution in [0.3, 0.4) is 0 Å². The van der Waals surface area contributed by atoms with Crippen LogP contribution in [0.5, 0.6) is 0 Å². The molecule has 1 fully saturated rings. The first kappa shape index (κ1) is 25.9. The highest BCUT2D eigenvalue weighted by Gasteiger charge is 2.46. The first-order valence-corrected chi connectivity index (χ1v) is 13.6. The summed E-state index contributed by atoms with van der Waals surface area (Å²) in [4.78, 5) is 20.3. The van der Waals surface area contributed by atoms with Gasteiger partial charge in [0.15, 0.2) is 0 Å². The molecule has 2 aliphatic rings. The molecular formula is C27H25F3N4O3S. The van der Waals surface area contributed by atoms with E-state index in [0.717, 1.165) is 25.2 Å². The van der Waals surface area contributed by atoms with E-state index in [1.165, 1.54) is 31.0 Å². The second-order valence-electron chi connectivity index (χ2n) is 9.29. The molecule has 3 aromatic rings. The van der Waals surface area contributed by atoms with E-state index in [1.807, 2.05) is 30.3 Å². The molecule has 5 rings (SSSR count). The van der Waals surface area contributed by atoms with Gasteiger partial charge in [-0.2, -0.15) is 21.6 Å². The summed E-state index contributed by atoms with van der Waals surface area (Å²) in [7, 11) is -5.62. The fraction of sp³-hybridized carbons (Fsp3) is 0.259. The number of halogens is 3. The lowest BCUT2D eigenvalue weighted by Gasteiger charge is -2.16. The summed E-state index contributed by atoms with van der Waals surface area (Å²) in [6.07, 6.45) is 2.40.